The molecule has 0 aliphatic heterocycles. The number of carbonyl (C=O) groups is 3. The maximum atomic E-state index is 12.6. The van der Waals surface area contributed by atoms with Gasteiger partial charge in [0.05, 0.1) is 0 Å². The molecule has 0 saturated heterocycles. The number of unbranched alkanes of at least 4 members (excludes halogenated alkanes) is 24. The van der Waals surface area contributed by atoms with Gasteiger partial charge in [-0.25, -0.2) is 0 Å². The Kier molecular flexibility index (Phi) is 39.0. The van der Waals surface area contributed by atoms with E-state index in [1.54, 1.807) is 0 Å². The molecule has 0 bridgehead atoms. The number of esters is 3. The van der Waals surface area contributed by atoms with Crippen LogP contribution in [0.25, 0.3) is 0 Å². The summed E-state index contributed by atoms with van der Waals surface area (Å²) in [6.07, 6.45) is 43.4. The Morgan fingerprint density at radius 3 is 1.12 bits per heavy atom. The van der Waals surface area contributed by atoms with E-state index < -0.39 is 6.10 Å². The molecule has 6 nitrogen and oxygen atoms in total. The highest BCUT2D eigenvalue weighted by Crippen LogP contribution is 2.14. The molecule has 0 heterocycles. The molecule has 0 rings (SSSR count). The molecule has 0 aromatic carbocycles. The van der Waals surface area contributed by atoms with Gasteiger partial charge in [0.25, 0.3) is 0 Å². The quantitative estimate of drug-likeness (QED) is 0.0272. The Balaban J connectivity index is 4.13. The summed E-state index contributed by atoms with van der Waals surface area (Å²) >= 11 is 0. The standard InChI is InChI=1S/C45H82O6/c1-4-7-10-13-15-17-18-19-20-21-22-23-24-25-26-28-29-32-35-38-44(47)50-41-42(40-49-43(46)37-34-31-12-9-6-3)51-45(48)39-36-33-30-27-16-14-11-8-5-2/h15,17,19-20,42H,4-14,16,18,21-41H2,1-3H3/b17-15-,20-19-. The van der Waals surface area contributed by atoms with Gasteiger partial charge in [0, 0.05) is 19.3 Å². The van der Waals surface area contributed by atoms with Crippen LogP contribution in [0.5, 0.6) is 0 Å². The summed E-state index contributed by atoms with van der Waals surface area (Å²) in [5, 5.41) is 0. The number of hydrogen-bond acceptors (Lipinski definition) is 6. The van der Waals surface area contributed by atoms with Gasteiger partial charge >= 0.3 is 17.9 Å². The number of rotatable bonds is 39. The molecular formula is C45H82O6. The maximum absolute atomic E-state index is 12.6. The van der Waals surface area contributed by atoms with Gasteiger partial charge in [-0.15, -0.1) is 0 Å². The summed E-state index contributed by atoms with van der Waals surface area (Å²) in [6, 6.07) is 0. The summed E-state index contributed by atoms with van der Waals surface area (Å²) in [5.74, 6) is -0.890. The van der Waals surface area contributed by atoms with Gasteiger partial charge in [-0.2, -0.15) is 0 Å². The smallest absolute Gasteiger partial charge is 0.306 e. The van der Waals surface area contributed by atoms with E-state index in [-0.39, 0.29) is 31.1 Å². The molecule has 0 radical (unpaired) electrons. The Morgan fingerprint density at radius 1 is 0.392 bits per heavy atom. The van der Waals surface area contributed by atoms with Crippen LogP contribution in [0.3, 0.4) is 0 Å². The second-order valence-electron chi connectivity index (χ2n) is 14.6. The highest BCUT2D eigenvalue weighted by molar-refractivity contribution is 5.71. The van der Waals surface area contributed by atoms with Crippen molar-refractivity contribution in [3.8, 4) is 0 Å². The molecule has 298 valence electrons. The Bertz CT molecular complexity index is 835. The summed E-state index contributed by atoms with van der Waals surface area (Å²) in [6.45, 7) is 6.50. The summed E-state index contributed by atoms with van der Waals surface area (Å²) in [4.78, 5) is 37.3. The lowest BCUT2D eigenvalue weighted by Gasteiger charge is -2.18. The van der Waals surface area contributed by atoms with E-state index >= 15 is 0 Å². The van der Waals surface area contributed by atoms with Crippen molar-refractivity contribution in [1.82, 2.24) is 0 Å². The zero-order valence-electron chi connectivity index (χ0n) is 33.9. The minimum absolute atomic E-state index is 0.0713. The summed E-state index contributed by atoms with van der Waals surface area (Å²) in [5.41, 5.74) is 0. The highest BCUT2D eigenvalue weighted by Gasteiger charge is 2.19. The molecule has 0 N–H and O–H groups in total. The molecule has 0 amide bonds. The predicted octanol–water partition coefficient (Wildman–Crippen LogP) is 13.6. The Hall–Kier alpha value is -2.11. The molecule has 0 spiro atoms. The van der Waals surface area contributed by atoms with Crippen LogP contribution in [0.1, 0.15) is 226 Å². The van der Waals surface area contributed by atoms with E-state index in [1.165, 1.54) is 116 Å². The van der Waals surface area contributed by atoms with E-state index in [0.29, 0.717) is 19.3 Å². The lowest BCUT2D eigenvalue weighted by Crippen LogP contribution is -2.30. The van der Waals surface area contributed by atoms with Crippen LogP contribution in [0.15, 0.2) is 24.3 Å². The maximum Gasteiger partial charge on any atom is 0.306 e. The minimum atomic E-state index is -0.762. The lowest BCUT2D eigenvalue weighted by atomic mass is 10.1. The monoisotopic (exact) mass is 719 g/mol. The molecule has 0 aliphatic rings. The zero-order chi connectivity index (χ0) is 37.3. The highest BCUT2D eigenvalue weighted by atomic mass is 16.6. The topological polar surface area (TPSA) is 78.9 Å². The van der Waals surface area contributed by atoms with Gasteiger partial charge < -0.3 is 14.2 Å². The second-order valence-corrected chi connectivity index (χ2v) is 14.6. The number of allylic oxidation sites excluding steroid dienone is 4. The van der Waals surface area contributed by atoms with Crippen molar-refractivity contribution in [2.75, 3.05) is 13.2 Å². The van der Waals surface area contributed by atoms with Crippen LogP contribution in [0.4, 0.5) is 0 Å². The van der Waals surface area contributed by atoms with Crippen molar-refractivity contribution < 1.29 is 28.6 Å². The molecule has 1 atom stereocenters. The van der Waals surface area contributed by atoms with Gasteiger partial charge in [-0.05, 0) is 51.4 Å². The normalized spacial score (nSPS) is 12.1. The Labute approximate surface area is 315 Å². The first kappa shape index (κ1) is 48.9. The fourth-order valence-electron chi connectivity index (χ4n) is 6.12. The van der Waals surface area contributed by atoms with Gasteiger partial charge in [-0.1, -0.05) is 180 Å². The van der Waals surface area contributed by atoms with Crippen LogP contribution in [0, 0.1) is 0 Å². The van der Waals surface area contributed by atoms with Crippen molar-refractivity contribution in [1.29, 1.82) is 0 Å². The first-order valence-corrected chi connectivity index (χ1v) is 21.8. The van der Waals surface area contributed by atoms with Gasteiger partial charge in [0.2, 0.25) is 0 Å². The van der Waals surface area contributed by atoms with Crippen LogP contribution >= 0.6 is 0 Å². The van der Waals surface area contributed by atoms with Crippen molar-refractivity contribution in [2.24, 2.45) is 0 Å². The molecular weight excluding hydrogens is 636 g/mol. The van der Waals surface area contributed by atoms with Crippen LogP contribution in [-0.2, 0) is 28.6 Å². The predicted molar refractivity (Wildman–Crippen MR) is 215 cm³/mol. The van der Waals surface area contributed by atoms with Gasteiger partial charge in [-0.3, -0.25) is 14.4 Å². The largest absolute Gasteiger partial charge is 0.462 e. The van der Waals surface area contributed by atoms with E-state index in [4.69, 9.17) is 14.2 Å². The zero-order valence-corrected chi connectivity index (χ0v) is 33.9. The fourth-order valence-corrected chi connectivity index (χ4v) is 6.12. The van der Waals surface area contributed by atoms with E-state index in [0.717, 1.165) is 70.6 Å². The third-order valence-corrected chi connectivity index (χ3v) is 9.46. The minimum Gasteiger partial charge on any atom is -0.462 e. The second kappa shape index (κ2) is 40.7. The van der Waals surface area contributed by atoms with Crippen molar-refractivity contribution in [3.63, 3.8) is 0 Å². The van der Waals surface area contributed by atoms with Gasteiger partial charge in [0.15, 0.2) is 6.10 Å². The molecule has 0 aromatic rings. The van der Waals surface area contributed by atoms with Crippen LogP contribution in [0.2, 0.25) is 0 Å². The molecule has 0 fully saturated rings. The van der Waals surface area contributed by atoms with Crippen molar-refractivity contribution in [2.45, 2.75) is 232 Å². The van der Waals surface area contributed by atoms with Gasteiger partial charge in [0.1, 0.15) is 13.2 Å². The molecule has 0 aliphatic carbocycles. The van der Waals surface area contributed by atoms with E-state index in [9.17, 15) is 14.4 Å². The Morgan fingerprint density at radius 2 is 0.706 bits per heavy atom. The average Bonchev–Trinajstić information content (AvgIpc) is 3.12. The molecule has 51 heavy (non-hydrogen) atoms. The first-order chi connectivity index (χ1) is 25.0. The van der Waals surface area contributed by atoms with E-state index in [2.05, 4.69) is 45.1 Å². The molecule has 0 saturated carbocycles. The van der Waals surface area contributed by atoms with Crippen molar-refractivity contribution >= 4 is 17.9 Å². The molecule has 1 unspecified atom stereocenters. The fraction of sp³-hybridized carbons (Fsp3) is 0.844. The number of ether oxygens (including phenoxy) is 3. The van der Waals surface area contributed by atoms with Crippen LogP contribution < -0.4 is 0 Å². The molecule has 6 heteroatoms. The molecule has 0 aromatic heterocycles. The van der Waals surface area contributed by atoms with E-state index in [1.807, 2.05) is 0 Å². The number of carbonyl (C=O) groups excluding carboxylic acids is 3. The first-order valence-electron chi connectivity index (χ1n) is 21.8. The number of hydrogen-bond donors (Lipinski definition) is 0. The third kappa shape index (κ3) is 38.9. The lowest BCUT2D eigenvalue weighted by molar-refractivity contribution is -0.167. The summed E-state index contributed by atoms with van der Waals surface area (Å²) in [7, 11) is 0. The van der Waals surface area contributed by atoms with Crippen LogP contribution in [-0.4, -0.2) is 37.2 Å². The van der Waals surface area contributed by atoms with Crippen molar-refractivity contribution in [3.05, 3.63) is 24.3 Å². The average molecular weight is 719 g/mol. The summed E-state index contributed by atoms with van der Waals surface area (Å²) < 4.78 is 16.5. The SMILES string of the molecule is CCCCC/C=C\C/C=C\CCCCCCCCCCCC(=O)OCC(COC(=O)CCCCCCC)OC(=O)CCCCCCCCCCC. The third-order valence-electron chi connectivity index (χ3n) is 9.46.